The Bertz CT molecular complexity index is 552. The van der Waals surface area contributed by atoms with Crippen LogP contribution in [0.3, 0.4) is 0 Å². The van der Waals surface area contributed by atoms with Gasteiger partial charge in [-0.15, -0.1) is 0 Å². The fraction of sp³-hybridized carbons (Fsp3) is 0.500. The van der Waals surface area contributed by atoms with Gasteiger partial charge in [0.2, 0.25) is 0 Å². The van der Waals surface area contributed by atoms with Crippen LogP contribution in [0.15, 0.2) is 12.1 Å². The Kier molecular flexibility index (Phi) is 6.52. The van der Waals surface area contributed by atoms with Gasteiger partial charge in [0.15, 0.2) is 0 Å². The van der Waals surface area contributed by atoms with Crippen LogP contribution in [0.2, 0.25) is 0 Å². The molecule has 0 bridgehead atoms. The summed E-state index contributed by atoms with van der Waals surface area (Å²) in [6, 6.07) is 2.73. The first-order valence-corrected chi connectivity index (χ1v) is 7.17. The van der Waals surface area contributed by atoms with E-state index >= 15 is 0 Å². The van der Waals surface area contributed by atoms with E-state index in [4.69, 9.17) is 9.47 Å². The van der Waals surface area contributed by atoms with Crippen LogP contribution >= 0.6 is 0 Å². The number of carboxylic acid groups (broad SMARTS) is 2. The first kappa shape index (κ1) is 18.1. The van der Waals surface area contributed by atoms with E-state index in [1.165, 1.54) is 12.1 Å². The van der Waals surface area contributed by atoms with Crippen LogP contribution in [0.1, 0.15) is 71.7 Å². The number of hydrogen-bond acceptors (Lipinski definition) is 6. The number of carboxylic acids is 2. The Morgan fingerprint density at radius 2 is 1.55 bits per heavy atom. The first-order chi connectivity index (χ1) is 10.3. The Balaban J connectivity index is 3.61. The van der Waals surface area contributed by atoms with Crippen LogP contribution in [-0.2, 0) is 9.47 Å². The van der Waals surface area contributed by atoms with Gasteiger partial charge < -0.3 is 29.3 Å². The highest BCUT2D eigenvalue weighted by molar-refractivity contribution is 6.01. The largest absolute Gasteiger partial charge is 0.545 e. The van der Waals surface area contributed by atoms with Crippen LogP contribution in [-0.4, -0.2) is 25.2 Å². The molecular formula is C16H20O6-2. The number of ether oxygens (including phenoxy) is 2. The second kappa shape index (κ2) is 7.91. The van der Waals surface area contributed by atoms with E-state index in [9.17, 15) is 19.8 Å². The summed E-state index contributed by atoms with van der Waals surface area (Å²) in [5.74, 6) is -3.15. The zero-order valence-corrected chi connectivity index (χ0v) is 13.2. The number of rotatable bonds is 8. The molecule has 0 aliphatic carbocycles. The smallest absolute Gasteiger partial charge is 0.0806 e. The van der Waals surface area contributed by atoms with Gasteiger partial charge in [0.1, 0.15) is 0 Å². The lowest BCUT2D eigenvalue weighted by Gasteiger charge is -2.26. The average molecular weight is 308 g/mol. The second-order valence-corrected chi connectivity index (χ2v) is 4.76. The van der Waals surface area contributed by atoms with Gasteiger partial charge in [0.25, 0.3) is 0 Å². The van der Waals surface area contributed by atoms with Crippen molar-refractivity contribution in [1.82, 2.24) is 0 Å². The number of benzene rings is 1. The van der Waals surface area contributed by atoms with Crippen molar-refractivity contribution in [3.63, 3.8) is 0 Å². The van der Waals surface area contributed by atoms with E-state index in [1.807, 2.05) is 6.92 Å². The lowest BCUT2D eigenvalue weighted by Crippen LogP contribution is -2.32. The maximum absolute atomic E-state index is 11.5. The van der Waals surface area contributed by atoms with Crippen LogP contribution in [0.25, 0.3) is 0 Å². The summed E-state index contributed by atoms with van der Waals surface area (Å²) in [4.78, 5) is 22.7. The van der Waals surface area contributed by atoms with Gasteiger partial charge in [-0.2, -0.15) is 0 Å². The molecule has 0 aromatic heterocycles. The molecular weight excluding hydrogens is 288 g/mol. The molecule has 22 heavy (non-hydrogen) atoms. The van der Waals surface area contributed by atoms with Gasteiger partial charge in [-0.3, -0.25) is 0 Å². The molecule has 0 spiro atoms. The molecule has 0 saturated heterocycles. The molecule has 0 saturated carbocycles. The monoisotopic (exact) mass is 308 g/mol. The fourth-order valence-corrected chi connectivity index (χ4v) is 2.49. The normalized spacial score (nSPS) is 13.6. The second-order valence-electron chi connectivity index (χ2n) is 4.76. The third-order valence-electron chi connectivity index (χ3n) is 3.38. The van der Waals surface area contributed by atoms with Crippen molar-refractivity contribution in [3.05, 3.63) is 34.4 Å². The van der Waals surface area contributed by atoms with Gasteiger partial charge >= 0.3 is 0 Å². The van der Waals surface area contributed by atoms with Gasteiger partial charge in [-0.25, -0.2) is 0 Å². The molecule has 0 N–H and O–H groups in total. The predicted octanol–water partition coefficient (Wildman–Crippen LogP) is 0.609. The maximum atomic E-state index is 11.5. The summed E-state index contributed by atoms with van der Waals surface area (Å²) in [6.45, 7) is 7.80. The Labute approximate surface area is 129 Å². The van der Waals surface area contributed by atoms with Gasteiger partial charge in [0, 0.05) is 24.3 Å². The Morgan fingerprint density at radius 3 is 2.00 bits per heavy atom. The van der Waals surface area contributed by atoms with Gasteiger partial charge in [-0.1, -0.05) is 12.1 Å². The molecule has 0 amide bonds. The summed E-state index contributed by atoms with van der Waals surface area (Å²) in [6.07, 6.45) is -1.02. The highest BCUT2D eigenvalue weighted by Gasteiger charge is 2.23. The molecule has 2 unspecified atom stereocenters. The van der Waals surface area contributed by atoms with E-state index < -0.39 is 35.3 Å². The first-order valence-electron chi connectivity index (χ1n) is 7.17. The number of hydrogen-bond donors (Lipinski definition) is 0. The quantitative estimate of drug-likeness (QED) is 0.697. The molecule has 122 valence electrons. The average Bonchev–Trinajstić information content (AvgIpc) is 2.45. The molecule has 0 radical (unpaired) electrons. The summed E-state index contributed by atoms with van der Waals surface area (Å²) < 4.78 is 11.0. The summed E-state index contributed by atoms with van der Waals surface area (Å²) >= 11 is 0. The van der Waals surface area contributed by atoms with Gasteiger partial charge in [0.05, 0.1) is 24.1 Å². The fourth-order valence-electron chi connectivity index (χ4n) is 2.49. The zero-order valence-electron chi connectivity index (χ0n) is 13.2. The standard InChI is InChI=1S/C16H22O6/c1-5-21-9(3)11-7-8-12(15(17)18)14(16(19)20)13(11)10(4)22-6-2/h7-10H,5-6H2,1-4H3,(H,17,18)(H,19,20)/p-2. The van der Waals surface area contributed by atoms with Crippen molar-refractivity contribution in [1.29, 1.82) is 0 Å². The number of carbonyl (C=O) groups is 2. The van der Waals surface area contributed by atoms with E-state index in [0.717, 1.165) is 0 Å². The Hall–Kier alpha value is -1.92. The molecule has 0 aliphatic rings. The van der Waals surface area contributed by atoms with Crippen LogP contribution in [0, 0.1) is 0 Å². The van der Waals surface area contributed by atoms with Crippen molar-refractivity contribution >= 4 is 11.9 Å². The topological polar surface area (TPSA) is 98.7 Å². The minimum atomic E-state index is -1.58. The van der Waals surface area contributed by atoms with E-state index in [2.05, 4.69) is 0 Å². The molecule has 2 atom stereocenters. The van der Waals surface area contributed by atoms with Crippen molar-refractivity contribution in [3.8, 4) is 0 Å². The van der Waals surface area contributed by atoms with Crippen LogP contribution < -0.4 is 10.2 Å². The minimum absolute atomic E-state index is 0.254. The Morgan fingerprint density at radius 1 is 1.00 bits per heavy atom. The minimum Gasteiger partial charge on any atom is -0.545 e. The predicted molar refractivity (Wildman–Crippen MR) is 75.2 cm³/mol. The summed E-state index contributed by atoms with van der Waals surface area (Å²) in [7, 11) is 0. The molecule has 1 rings (SSSR count). The van der Waals surface area contributed by atoms with Crippen LogP contribution in [0.4, 0.5) is 0 Å². The molecule has 0 fully saturated rings. The van der Waals surface area contributed by atoms with Crippen molar-refractivity contribution in [2.45, 2.75) is 39.9 Å². The lowest BCUT2D eigenvalue weighted by atomic mass is 9.90. The number of aromatic carboxylic acids is 2. The lowest BCUT2D eigenvalue weighted by molar-refractivity contribution is -0.259. The highest BCUT2D eigenvalue weighted by atomic mass is 16.5. The molecule has 0 heterocycles. The molecule has 0 aliphatic heterocycles. The van der Waals surface area contributed by atoms with E-state index in [0.29, 0.717) is 18.8 Å². The van der Waals surface area contributed by atoms with E-state index in [-0.39, 0.29) is 5.56 Å². The van der Waals surface area contributed by atoms with Gasteiger partial charge in [-0.05, 0) is 38.8 Å². The molecule has 6 nitrogen and oxygen atoms in total. The third-order valence-corrected chi connectivity index (χ3v) is 3.38. The van der Waals surface area contributed by atoms with Crippen molar-refractivity contribution in [2.24, 2.45) is 0 Å². The van der Waals surface area contributed by atoms with E-state index in [1.54, 1.807) is 20.8 Å². The summed E-state index contributed by atoms with van der Waals surface area (Å²) in [5.41, 5.74) is -0.0181. The SMILES string of the molecule is CCOC(C)c1ccc(C(=O)[O-])c(C(=O)[O-])c1C(C)OCC. The van der Waals surface area contributed by atoms with Crippen molar-refractivity contribution in [2.75, 3.05) is 13.2 Å². The molecule has 1 aromatic carbocycles. The van der Waals surface area contributed by atoms with Crippen LogP contribution in [0.5, 0.6) is 0 Å². The third kappa shape index (κ3) is 3.84. The van der Waals surface area contributed by atoms with Crippen molar-refractivity contribution < 1.29 is 29.3 Å². The molecule has 1 aromatic rings. The zero-order chi connectivity index (χ0) is 16.9. The number of carbonyl (C=O) groups excluding carboxylic acids is 2. The maximum Gasteiger partial charge on any atom is 0.0806 e. The highest BCUT2D eigenvalue weighted by Crippen LogP contribution is 2.32. The summed E-state index contributed by atoms with van der Waals surface area (Å²) in [5, 5.41) is 22.7. The molecule has 6 heteroatoms.